The second-order valence-corrected chi connectivity index (χ2v) is 16.9. The summed E-state index contributed by atoms with van der Waals surface area (Å²) < 4.78 is 21.7. The lowest BCUT2D eigenvalue weighted by Gasteiger charge is -2.38. The van der Waals surface area contributed by atoms with Crippen LogP contribution in [0.2, 0.25) is 0 Å². The SMILES string of the molecule is CC/C=C\C/C=C\C/C=C\C/C=C\C/C=C\C/C=C\CCC(=O)OCC(COC1OC(C(=O)O)C(O)C(O)C1O)OC(=O)CCCCCCCCCCCCCCCCCCCCC. The molecular formula is C53H88O11. The van der Waals surface area contributed by atoms with E-state index in [0.29, 0.717) is 12.8 Å². The summed E-state index contributed by atoms with van der Waals surface area (Å²) in [7, 11) is 0. The maximum atomic E-state index is 12.8. The van der Waals surface area contributed by atoms with Gasteiger partial charge in [-0.1, -0.05) is 202 Å². The molecule has 0 amide bonds. The van der Waals surface area contributed by atoms with E-state index in [1.807, 2.05) is 12.2 Å². The number of rotatable bonds is 41. The van der Waals surface area contributed by atoms with Gasteiger partial charge in [-0.15, -0.1) is 0 Å². The number of carbonyl (C=O) groups is 3. The first kappa shape index (κ1) is 58.7. The average Bonchev–Trinajstić information content (AvgIpc) is 3.28. The second kappa shape index (κ2) is 42.3. The number of esters is 2. The third-order valence-electron chi connectivity index (χ3n) is 11.1. The number of carboxylic acid groups (broad SMARTS) is 1. The summed E-state index contributed by atoms with van der Waals surface area (Å²) in [5.74, 6) is -2.55. The zero-order chi connectivity index (χ0) is 46.7. The van der Waals surface area contributed by atoms with Gasteiger partial charge in [0.15, 0.2) is 18.5 Å². The van der Waals surface area contributed by atoms with Crippen molar-refractivity contribution in [1.82, 2.24) is 0 Å². The molecule has 64 heavy (non-hydrogen) atoms. The van der Waals surface area contributed by atoms with E-state index >= 15 is 0 Å². The summed E-state index contributed by atoms with van der Waals surface area (Å²) in [5, 5.41) is 39.9. The number of allylic oxidation sites excluding steroid dienone is 12. The number of carboxylic acids is 1. The van der Waals surface area contributed by atoms with Crippen molar-refractivity contribution in [1.29, 1.82) is 0 Å². The third kappa shape index (κ3) is 33.2. The number of carbonyl (C=O) groups excluding carboxylic acids is 2. The van der Waals surface area contributed by atoms with Crippen molar-refractivity contribution in [3.05, 3.63) is 72.9 Å². The van der Waals surface area contributed by atoms with Crippen molar-refractivity contribution < 1.29 is 53.8 Å². The van der Waals surface area contributed by atoms with Crippen LogP contribution in [-0.4, -0.2) is 88.4 Å². The van der Waals surface area contributed by atoms with E-state index < -0.39 is 61.3 Å². The fourth-order valence-corrected chi connectivity index (χ4v) is 7.20. The number of aliphatic hydroxyl groups excluding tert-OH is 3. The minimum absolute atomic E-state index is 0.109. The number of hydrogen-bond acceptors (Lipinski definition) is 10. The molecule has 1 rings (SSSR count). The molecule has 366 valence electrons. The van der Waals surface area contributed by atoms with E-state index in [4.69, 9.17) is 18.9 Å². The summed E-state index contributed by atoms with van der Waals surface area (Å²) in [5.41, 5.74) is 0. The highest BCUT2D eigenvalue weighted by molar-refractivity contribution is 5.73. The summed E-state index contributed by atoms with van der Waals surface area (Å²) in [4.78, 5) is 36.9. The van der Waals surface area contributed by atoms with E-state index in [1.54, 1.807) is 0 Å². The van der Waals surface area contributed by atoms with E-state index in [1.165, 1.54) is 96.3 Å². The number of aliphatic carboxylic acids is 1. The van der Waals surface area contributed by atoms with Crippen LogP contribution in [0.25, 0.3) is 0 Å². The van der Waals surface area contributed by atoms with Gasteiger partial charge in [0.05, 0.1) is 6.61 Å². The molecule has 1 heterocycles. The average molecular weight is 901 g/mol. The highest BCUT2D eigenvalue weighted by atomic mass is 16.7. The summed E-state index contributed by atoms with van der Waals surface area (Å²) in [6.07, 6.45) is 45.4. The minimum Gasteiger partial charge on any atom is -0.479 e. The Morgan fingerprint density at radius 3 is 1.36 bits per heavy atom. The molecule has 0 spiro atoms. The molecule has 0 saturated carbocycles. The number of unbranched alkanes of at least 4 members (excludes halogenated alkanes) is 18. The molecule has 0 aromatic heterocycles. The molecule has 1 aliphatic heterocycles. The van der Waals surface area contributed by atoms with E-state index in [-0.39, 0.29) is 19.4 Å². The molecule has 11 nitrogen and oxygen atoms in total. The van der Waals surface area contributed by atoms with Crippen LogP contribution in [-0.2, 0) is 33.3 Å². The number of hydrogen-bond donors (Lipinski definition) is 4. The van der Waals surface area contributed by atoms with Crippen molar-refractivity contribution in [3.8, 4) is 0 Å². The van der Waals surface area contributed by atoms with Gasteiger partial charge in [-0.25, -0.2) is 4.79 Å². The Labute approximate surface area is 387 Å². The zero-order valence-corrected chi connectivity index (χ0v) is 39.8. The van der Waals surface area contributed by atoms with Gasteiger partial charge >= 0.3 is 17.9 Å². The number of ether oxygens (including phenoxy) is 4. The fourth-order valence-electron chi connectivity index (χ4n) is 7.20. The molecule has 1 saturated heterocycles. The maximum absolute atomic E-state index is 12.8. The lowest BCUT2D eigenvalue weighted by atomic mass is 9.99. The Hall–Kier alpha value is -3.35. The van der Waals surface area contributed by atoms with Gasteiger partial charge in [0.2, 0.25) is 0 Å². The van der Waals surface area contributed by atoms with Crippen LogP contribution in [0.1, 0.15) is 194 Å². The van der Waals surface area contributed by atoms with Crippen LogP contribution in [0, 0.1) is 0 Å². The molecule has 1 fully saturated rings. The maximum Gasteiger partial charge on any atom is 0.335 e. The Balaban J connectivity index is 2.37. The van der Waals surface area contributed by atoms with Crippen LogP contribution in [0.15, 0.2) is 72.9 Å². The first-order valence-electron chi connectivity index (χ1n) is 25.0. The van der Waals surface area contributed by atoms with Crippen molar-refractivity contribution in [2.45, 2.75) is 230 Å². The highest BCUT2D eigenvalue weighted by Gasteiger charge is 2.47. The van der Waals surface area contributed by atoms with Gasteiger partial charge in [-0.3, -0.25) is 9.59 Å². The van der Waals surface area contributed by atoms with Crippen molar-refractivity contribution >= 4 is 17.9 Å². The van der Waals surface area contributed by atoms with Crippen LogP contribution < -0.4 is 0 Å². The third-order valence-corrected chi connectivity index (χ3v) is 11.1. The van der Waals surface area contributed by atoms with Gasteiger partial charge in [-0.05, 0) is 51.4 Å². The number of aliphatic hydroxyl groups is 3. The van der Waals surface area contributed by atoms with Gasteiger partial charge < -0.3 is 39.4 Å². The lowest BCUT2D eigenvalue weighted by molar-refractivity contribution is -0.298. The standard InChI is InChI=1S/C53H88O11/c1-3-5-7-9-11-13-15-17-19-21-23-25-27-29-31-33-35-37-39-41-46(54)61-43-45(44-62-53-50(58)48(56)49(57)51(64-53)52(59)60)63-47(55)42-40-38-36-34-32-30-28-26-24-22-20-18-16-14-12-10-8-6-4-2/h5,7,11,13,17,19,23,25,29,31,35,37,45,48-51,53,56-58H,3-4,6,8-10,12,14-16,18,20-22,24,26-28,30,32-34,36,38-44H2,1-2H3,(H,59,60)/b7-5-,13-11-,19-17-,25-23-,31-29-,37-35-. The first-order chi connectivity index (χ1) is 31.2. The predicted octanol–water partition coefficient (Wildman–Crippen LogP) is 11.6. The molecule has 1 aliphatic rings. The van der Waals surface area contributed by atoms with Crippen LogP contribution in [0.3, 0.4) is 0 Å². The topological polar surface area (TPSA) is 169 Å². The molecular weight excluding hydrogens is 813 g/mol. The Morgan fingerprint density at radius 1 is 0.500 bits per heavy atom. The van der Waals surface area contributed by atoms with Gasteiger partial charge in [0.1, 0.15) is 24.9 Å². The highest BCUT2D eigenvalue weighted by Crippen LogP contribution is 2.23. The van der Waals surface area contributed by atoms with Crippen LogP contribution >= 0.6 is 0 Å². The quantitative estimate of drug-likeness (QED) is 0.0262. The van der Waals surface area contributed by atoms with Crippen LogP contribution in [0.4, 0.5) is 0 Å². The molecule has 4 N–H and O–H groups in total. The molecule has 6 unspecified atom stereocenters. The summed E-state index contributed by atoms with van der Waals surface area (Å²) in [6.45, 7) is 3.65. The summed E-state index contributed by atoms with van der Waals surface area (Å²) in [6, 6.07) is 0. The van der Waals surface area contributed by atoms with E-state index in [0.717, 1.165) is 57.8 Å². The first-order valence-corrected chi connectivity index (χ1v) is 25.0. The Bertz CT molecular complexity index is 1340. The van der Waals surface area contributed by atoms with Gasteiger partial charge in [-0.2, -0.15) is 0 Å². The molecule has 0 radical (unpaired) electrons. The molecule has 0 aromatic rings. The zero-order valence-electron chi connectivity index (χ0n) is 39.8. The smallest absolute Gasteiger partial charge is 0.335 e. The van der Waals surface area contributed by atoms with Crippen molar-refractivity contribution in [2.75, 3.05) is 13.2 Å². The van der Waals surface area contributed by atoms with E-state index in [9.17, 15) is 34.8 Å². The normalized spacial score (nSPS) is 19.9. The van der Waals surface area contributed by atoms with Gasteiger partial charge in [0, 0.05) is 12.8 Å². The molecule has 0 aromatic carbocycles. The Kier molecular flexibility index (Phi) is 38.8. The summed E-state index contributed by atoms with van der Waals surface area (Å²) >= 11 is 0. The lowest BCUT2D eigenvalue weighted by Crippen LogP contribution is -2.60. The van der Waals surface area contributed by atoms with Crippen molar-refractivity contribution in [3.63, 3.8) is 0 Å². The molecule has 11 heteroatoms. The molecule has 0 bridgehead atoms. The minimum atomic E-state index is -1.87. The monoisotopic (exact) mass is 901 g/mol. The Morgan fingerprint density at radius 2 is 0.922 bits per heavy atom. The largest absolute Gasteiger partial charge is 0.479 e. The molecule has 6 atom stereocenters. The molecule has 0 aliphatic carbocycles. The predicted molar refractivity (Wildman–Crippen MR) is 257 cm³/mol. The van der Waals surface area contributed by atoms with Crippen LogP contribution in [0.5, 0.6) is 0 Å². The second-order valence-electron chi connectivity index (χ2n) is 16.9. The van der Waals surface area contributed by atoms with Gasteiger partial charge in [0.25, 0.3) is 0 Å². The van der Waals surface area contributed by atoms with E-state index in [2.05, 4.69) is 74.6 Å². The van der Waals surface area contributed by atoms with Crippen molar-refractivity contribution in [2.24, 2.45) is 0 Å². The fraction of sp³-hybridized carbons (Fsp3) is 0.717.